The molecule has 8 heteroatoms. The number of nitrogens with zero attached hydrogens (tertiary/aromatic N) is 4. The number of carbonyl (C=O) groups excluding carboxylic acids is 2. The van der Waals surface area contributed by atoms with Crippen molar-refractivity contribution in [1.29, 1.82) is 0 Å². The van der Waals surface area contributed by atoms with Crippen LogP contribution in [0, 0.1) is 13.8 Å². The van der Waals surface area contributed by atoms with Gasteiger partial charge in [-0.25, -0.2) is 9.59 Å². The van der Waals surface area contributed by atoms with E-state index in [0.717, 1.165) is 5.69 Å². The van der Waals surface area contributed by atoms with Gasteiger partial charge in [-0.2, -0.15) is 4.98 Å². The number of aryl methyl sites for hydroxylation is 2. The van der Waals surface area contributed by atoms with Crippen molar-refractivity contribution in [3.63, 3.8) is 0 Å². The summed E-state index contributed by atoms with van der Waals surface area (Å²) in [6.45, 7) is 5.14. The number of amides is 2. The molecule has 0 saturated carbocycles. The van der Waals surface area contributed by atoms with Crippen molar-refractivity contribution in [1.82, 2.24) is 19.4 Å². The van der Waals surface area contributed by atoms with Crippen molar-refractivity contribution in [3.05, 3.63) is 27.9 Å². The standard InChI is InChI=1S/C16H22N4O4/c1-11-8-12(2)20(14(22)17-11)9-13(21)19-6-4-16(5-7-19)10-18(3)15(23)24-16/h8H,4-7,9-10H2,1-3H3. The van der Waals surface area contributed by atoms with Gasteiger partial charge in [0.2, 0.25) is 5.91 Å². The summed E-state index contributed by atoms with van der Waals surface area (Å²) in [5.41, 5.74) is 0.496. The highest BCUT2D eigenvalue weighted by molar-refractivity contribution is 5.76. The monoisotopic (exact) mass is 334 g/mol. The molecule has 3 heterocycles. The molecule has 2 aliphatic rings. The highest BCUT2D eigenvalue weighted by Crippen LogP contribution is 2.32. The minimum absolute atomic E-state index is 0.00929. The third-order valence-electron chi connectivity index (χ3n) is 4.81. The third kappa shape index (κ3) is 3.00. The van der Waals surface area contributed by atoms with Gasteiger partial charge in [-0.15, -0.1) is 0 Å². The Morgan fingerprint density at radius 3 is 2.50 bits per heavy atom. The lowest BCUT2D eigenvalue weighted by molar-refractivity contribution is -0.135. The lowest BCUT2D eigenvalue weighted by atomic mass is 9.91. The van der Waals surface area contributed by atoms with Crippen LogP contribution in [0.3, 0.4) is 0 Å². The summed E-state index contributed by atoms with van der Waals surface area (Å²) in [4.78, 5) is 43.2. The zero-order valence-corrected chi connectivity index (χ0v) is 14.2. The smallest absolute Gasteiger partial charge is 0.410 e. The molecule has 0 bridgehead atoms. The van der Waals surface area contributed by atoms with Crippen LogP contribution in [0.2, 0.25) is 0 Å². The molecule has 0 aromatic carbocycles. The van der Waals surface area contributed by atoms with Gasteiger partial charge in [0.25, 0.3) is 0 Å². The van der Waals surface area contributed by atoms with E-state index in [9.17, 15) is 14.4 Å². The van der Waals surface area contributed by atoms with E-state index in [0.29, 0.717) is 38.2 Å². The van der Waals surface area contributed by atoms with Crippen LogP contribution in [0.5, 0.6) is 0 Å². The van der Waals surface area contributed by atoms with Gasteiger partial charge in [0, 0.05) is 44.4 Å². The Bertz CT molecular complexity index is 734. The van der Waals surface area contributed by atoms with E-state index in [1.807, 2.05) is 0 Å². The lowest BCUT2D eigenvalue weighted by Gasteiger charge is -2.37. The zero-order chi connectivity index (χ0) is 17.5. The number of aromatic nitrogens is 2. The summed E-state index contributed by atoms with van der Waals surface area (Å²) in [6, 6.07) is 1.79. The summed E-state index contributed by atoms with van der Waals surface area (Å²) < 4.78 is 6.88. The number of likely N-dealkylation sites (N-methyl/N-ethyl adjacent to an activating group) is 1. The van der Waals surface area contributed by atoms with Crippen molar-refractivity contribution in [2.45, 2.75) is 38.8 Å². The Morgan fingerprint density at radius 2 is 1.96 bits per heavy atom. The van der Waals surface area contributed by atoms with E-state index in [1.165, 1.54) is 4.57 Å². The average Bonchev–Trinajstić information content (AvgIpc) is 2.77. The quantitative estimate of drug-likeness (QED) is 0.777. The SMILES string of the molecule is Cc1cc(C)n(CC(=O)N2CCC3(CC2)CN(C)C(=O)O3)c(=O)n1. The van der Waals surface area contributed by atoms with Gasteiger partial charge in [-0.05, 0) is 19.9 Å². The summed E-state index contributed by atoms with van der Waals surface area (Å²) in [5, 5.41) is 0. The maximum Gasteiger partial charge on any atom is 0.410 e. The van der Waals surface area contributed by atoms with Crippen LogP contribution in [-0.2, 0) is 16.1 Å². The number of ether oxygens (including phenoxy) is 1. The first kappa shape index (κ1) is 16.5. The van der Waals surface area contributed by atoms with Crippen molar-refractivity contribution < 1.29 is 14.3 Å². The Balaban J connectivity index is 1.64. The first-order chi connectivity index (χ1) is 11.3. The van der Waals surface area contributed by atoms with E-state index >= 15 is 0 Å². The molecule has 0 N–H and O–H groups in total. The molecule has 0 atom stereocenters. The molecule has 0 radical (unpaired) electrons. The molecule has 1 spiro atoms. The Morgan fingerprint density at radius 1 is 1.29 bits per heavy atom. The number of hydrogen-bond acceptors (Lipinski definition) is 5. The summed E-state index contributed by atoms with van der Waals surface area (Å²) >= 11 is 0. The van der Waals surface area contributed by atoms with Crippen LogP contribution in [-0.4, -0.2) is 63.6 Å². The minimum atomic E-state index is -0.471. The minimum Gasteiger partial charge on any atom is -0.441 e. The fraction of sp³-hybridized carbons (Fsp3) is 0.625. The molecule has 2 amide bonds. The second-order valence-corrected chi connectivity index (χ2v) is 6.70. The van der Waals surface area contributed by atoms with Gasteiger partial charge in [0.05, 0.1) is 6.54 Å². The molecular weight excluding hydrogens is 312 g/mol. The molecule has 2 fully saturated rings. The number of hydrogen-bond donors (Lipinski definition) is 0. The molecule has 130 valence electrons. The van der Waals surface area contributed by atoms with E-state index in [4.69, 9.17) is 4.74 Å². The van der Waals surface area contributed by atoms with Crippen LogP contribution >= 0.6 is 0 Å². The summed E-state index contributed by atoms with van der Waals surface area (Å²) in [5.74, 6) is -0.113. The highest BCUT2D eigenvalue weighted by Gasteiger charge is 2.46. The van der Waals surface area contributed by atoms with Crippen molar-refractivity contribution in [3.8, 4) is 0 Å². The zero-order valence-electron chi connectivity index (χ0n) is 14.2. The topological polar surface area (TPSA) is 84.7 Å². The first-order valence-electron chi connectivity index (χ1n) is 8.07. The molecule has 24 heavy (non-hydrogen) atoms. The maximum absolute atomic E-state index is 12.5. The average molecular weight is 334 g/mol. The molecule has 2 saturated heterocycles. The molecular formula is C16H22N4O4. The summed E-state index contributed by atoms with van der Waals surface area (Å²) in [6.07, 6.45) is 0.937. The number of piperidine rings is 1. The van der Waals surface area contributed by atoms with Crippen LogP contribution in [0.1, 0.15) is 24.2 Å². The molecule has 1 aromatic rings. The van der Waals surface area contributed by atoms with Crippen molar-refractivity contribution in [2.75, 3.05) is 26.7 Å². The predicted molar refractivity (Wildman–Crippen MR) is 85.6 cm³/mol. The molecule has 8 nitrogen and oxygen atoms in total. The molecule has 0 unspecified atom stereocenters. The molecule has 1 aromatic heterocycles. The van der Waals surface area contributed by atoms with Gasteiger partial charge in [-0.1, -0.05) is 0 Å². The van der Waals surface area contributed by atoms with Gasteiger partial charge in [0.15, 0.2) is 0 Å². The van der Waals surface area contributed by atoms with Gasteiger partial charge in [0.1, 0.15) is 12.1 Å². The summed E-state index contributed by atoms with van der Waals surface area (Å²) in [7, 11) is 1.72. The van der Waals surface area contributed by atoms with E-state index in [2.05, 4.69) is 4.98 Å². The molecule has 0 aliphatic carbocycles. The predicted octanol–water partition coefficient (Wildman–Crippen LogP) is 0.303. The largest absolute Gasteiger partial charge is 0.441 e. The second kappa shape index (κ2) is 5.92. The Kier molecular flexibility index (Phi) is 4.06. The highest BCUT2D eigenvalue weighted by atomic mass is 16.6. The van der Waals surface area contributed by atoms with Crippen molar-refractivity contribution >= 4 is 12.0 Å². The lowest BCUT2D eigenvalue weighted by Crippen LogP contribution is -2.49. The van der Waals surface area contributed by atoms with Crippen LogP contribution < -0.4 is 5.69 Å². The van der Waals surface area contributed by atoms with Crippen LogP contribution in [0.15, 0.2) is 10.9 Å². The molecule has 3 rings (SSSR count). The Hall–Kier alpha value is -2.38. The fourth-order valence-electron chi connectivity index (χ4n) is 3.42. The second-order valence-electron chi connectivity index (χ2n) is 6.70. The number of likely N-dealkylation sites (tertiary alicyclic amines) is 1. The van der Waals surface area contributed by atoms with Crippen molar-refractivity contribution in [2.24, 2.45) is 0 Å². The van der Waals surface area contributed by atoms with E-state index < -0.39 is 11.3 Å². The van der Waals surface area contributed by atoms with E-state index in [1.54, 1.807) is 36.8 Å². The van der Waals surface area contributed by atoms with Crippen LogP contribution in [0.25, 0.3) is 0 Å². The maximum atomic E-state index is 12.5. The van der Waals surface area contributed by atoms with Gasteiger partial charge >= 0.3 is 11.8 Å². The van der Waals surface area contributed by atoms with Gasteiger partial charge < -0.3 is 14.5 Å². The number of rotatable bonds is 2. The van der Waals surface area contributed by atoms with Gasteiger partial charge in [-0.3, -0.25) is 9.36 Å². The third-order valence-corrected chi connectivity index (χ3v) is 4.81. The number of carbonyl (C=O) groups is 2. The van der Waals surface area contributed by atoms with E-state index in [-0.39, 0.29) is 18.5 Å². The normalized spacial score (nSPS) is 19.7. The molecule has 2 aliphatic heterocycles. The first-order valence-corrected chi connectivity index (χ1v) is 8.07. The van der Waals surface area contributed by atoms with Crippen LogP contribution in [0.4, 0.5) is 4.79 Å². The fourth-order valence-corrected chi connectivity index (χ4v) is 3.42. The Labute approximate surface area is 140 Å².